The Morgan fingerprint density at radius 3 is 2.56 bits per heavy atom. The Kier molecular flexibility index (Phi) is 2.28. The van der Waals surface area contributed by atoms with Crippen LogP contribution in [0, 0.1) is 12.7 Å². The van der Waals surface area contributed by atoms with Crippen molar-refractivity contribution in [1.82, 2.24) is 4.57 Å². The van der Waals surface area contributed by atoms with Gasteiger partial charge in [-0.15, -0.1) is 0 Å². The maximum absolute atomic E-state index is 13.0. The number of aromatic nitrogens is 1. The highest BCUT2D eigenvalue weighted by atomic mass is 32.2. The molecule has 0 atom stereocenters. The zero-order chi connectivity index (χ0) is 12.1. The van der Waals surface area contributed by atoms with Crippen molar-refractivity contribution < 1.29 is 17.4 Å². The number of nitrogens with zero attached hydrogens (tertiary/aromatic N) is 1. The van der Waals surface area contributed by atoms with Crippen LogP contribution in [0.2, 0.25) is 0 Å². The monoisotopic (exact) mass is 243 g/mol. The lowest BCUT2D eigenvalue weighted by Crippen LogP contribution is -2.06. The molecular formula is C10H10FNO3S. The van der Waals surface area contributed by atoms with Gasteiger partial charge >= 0.3 is 10.1 Å². The van der Waals surface area contributed by atoms with E-state index in [1.165, 1.54) is 36.7 Å². The second kappa shape index (κ2) is 3.29. The van der Waals surface area contributed by atoms with Crippen molar-refractivity contribution in [3.63, 3.8) is 0 Å². The minimum Gasteiger partial charge on any atom is -0.333 e. The zero-order valence-electron chi connectivity index (χ0n) is 8.73. The first-order valence-electron chi connectivity index (χ1n) is 4.54. The molecule has 1 N–H and O–H groups in total. The van der Waals surface area contributed by atoms with Crippen LogP contribution in [-0.2, 0) is 17.2 Å². The number of aryl methyl sites for hydroxylation is 2. The molecule has 0 unspecified atom stereocenters. The molecule has 0 radical (unpaired) electrons. The van der Waals surface area contributed by atoms with Crippen molar-refractivity contribution in [2.45, 2.75) is 11.9 Å². The topological polar surface area (TPSA) is 59.3 Å². The molecule has 4 nitrogen and oxygen atoms in total. The molecule has 0 bridgehead atoms. The molecule has 2 rings (SSSR count). The summed E-state index contributed by atoms with van der Waals surface area (Å²) in [5.74, 6) is -0.442. The summed E-state index contributed by atoms with van der Waals surface area (Å²) in [6.07, 6.45) is 0. The van der Waals surface area contributed by atoms with E-state index in [1.807, 2.05) is 0 Å². The summed E-state index contributed by atoms with van der Waals surface area (Å²) in [5, 5.41) is 0.281. The van der Waals surface area contributed by atoms with Gasteiger partial charge in [-0.05, 0) is 30.7 Å². The smallest absolute Gasteiger partial charge is 0.310 e. The standard InChI is InChI=1S/C10H10FNO3S/c1-6-8-5-7(11)3-4-9(8)12(2)10(6)16(13,14)15/h3-5H,1-2H3,(H,13,14,15). The second-order valence-corrected chi connectivity index (χ2v) is 4.96. The van der Waals surface area contributed by atoms with E-state index in [-0.39, 0.29) is 5.03 Å². The van der Waals surface area contributed by atoms with E-state index in [2.05, 4.69) is 0 Å². The molecule has 6 heteroatoms. The zero-order valence-corrected chi connectivity index (χ0v) is 9.55. The van der Waals surface area contributed by atoms with Crippen LogP contribution in [0.15, 0.2) is 23.2 Å². The lowest BCUT2D eigenvalue weighted by molar-refractivity contribution is 0.474. The van der Waals surface area contributed by atoms with Crippen molar-refractivity contribution in [2.75, 3.05) is 0 Å². The molecule has 0 saturated heterocycles. The summed E-state index contributed by atoms with van der Waals surface area (Å²) in [6.45, 7) is 1.53. The molecule has 0 amide bonds. The van der Waals surface area contributed by atoms with Crippen LogP contribution >= 0.6 is 0 Å². The average Bonchev–Trinajstić information content (AvgIpc) is 2.38. The minimum atomic E-state index is -4.30. The molecule has 1 aromatic heterocycles. The fourth-order valence-corrected chi connectivity index (χ4v) is 2.89. The summed E-state index contributed by atoms with van der Waals surface area (Å²) in [5.41, 5.74) is 0.908. The Morgan fingerprint density at radius 2 is 2.00 bits per heavy atom. The lowest BCUT2D eigenvalue weighted by Gasteiger charge is -2.00. The van der Waals surface area contributed by atoms with E-state index in [4.69, 9.17) is 4.55 Å². The van der Waals surface area contributed by atoms with Gasteiger partial charge in [0.25, 0.3) is 0 Å². The molecule has 0 spiro atoms. The summed E-state index contributed by atoms with van der Waals surface area (Å²) in [7, 11) is -2.79. The Balaban J connectivity index is 2.99. The van der Waals surface area contributed by atoms with Gasteiger partial charge in [0.2, 0.25) is 0 Å². The molecule has 0 aliphatic heterocycles. The molecule has 2 aromatic rings. The number of benzene rings is 1. The number of fused-ring (bicyclic) bond motifs is 1. The summed E-state index contributed by atoms with van der Waals surface area (Å²) < 4.78 is 45.8. The highest BCUT2D eigenvalue weighted by Crippen LogP contribution is 2.28. The molecule has 86 valence electrons. The molecule has 0 aliphatic rings. The third kappa shape index (κ3) is 1.50. The summed E-state index contributed by atoms with van der Waals surface area (Å²) >= 11 is 0. The first-order chi connectivity index (χ1) is 7.32. The fraction of sp³-hybridized carbons (Fsp3) is 0.200. The van der Waals surface area contributed by atoms with Crippen LogP contribution < -0.4 is 0 Å². The van der Waals surface area contributed by atoms with E-state index in [0.717, 1.165) is 0 Å². The van der Waals surface area contributed by atoms with Crippen molar-refractivity contribution in [2.24, 2.45) is 7.05 Å². The predicted molar refractivity (Wildman–Crippen MR) is 57.4 cm³/mol. The van der Waals surface area contributed by atoms with Crippen LogP contribution in [-0.4, -0.2) is 17.5 Å². The first-order valence-corrected chi connectivity index (χ1v) is 5.98. The molecule has 0 saturated carbocycles. The van der Waals surface area contributed by atoms with E-state index < -0.39 is 15.9 Å². The van der Waals surface area contributed by atoms with Gasteiger partial charge < -0.3 is 4.57 Å². The molecule has 16 heavy (non-hydrogen) atoms. The normalized spacial score (nSPS) is 12.2. The van der Waals surface area contributed by atoms with Gasteiger partial charge in [0, 0.05) is 18.0 Å². The summed E-state index contributed by atoms with van der Waals surface area (Å²) in [6, 6.07) is 3.97. The highest BCUT2D eigenvalue weighted by molar-refractivity contribution is 7.85. The predicted octanol–water partition coefficient (Wildman–Crippen LogP) is 1.87. The van der Waals surface area contributed by atoms with Gasteiger partial charge in [-0.25, -0.2) is 4.39 Å². The van der Waals surface area contributed by atoms with Crippen molar-refractivity contribution in [3.8, 4) is 0 Å². The lowest BCUT2D eigenvalue weighted by atomic mass is 10.2. The van der Waals surface area contributed by atoms with Gasteiger partial charge in [-0.3, -0.25) is 4.55 Å². The third-order valence-corrected chi connectivity index (χ3v) is 3.66. The average molecular weight is 243 g/mol. The van der Waals surface area contributed by atoms with Gasteiger partial charge in [0.1, 0.15) is 5.82 Å². The second-order valence-electron chi connectivity index (χ2n) is 3.63. The van der Waals surface area contributed by atoms with E-state index in [1.54, 1.807) is 0 Å². The van der Waals surface area contributed by atoms with E-state index in [0.29, 0.717) is 16.5 Å². The van der Waals surface area contributed by atoms with E-state index in [9.17, 15) is 12.8 Å². The van der Waals surface area contributed by atoms with E-state index >= 15 is 0 Å². The first kappa shape index (κ1) is 11.1. The van der Waals surface area contributed by atoms with Crippen LogP contribution in [0.4, 0.5) is 4.39 Å². The minimum absolute atomic E-state index is 0.201. The quantitative estimate of drug-likeness (QED) is 0.778. The fourth-order valence-electron chi connectivity index (χ4n) is 1.94. The largest absolute Gasteiger partial charge is 0.333 e. The summed E-state index contributed by atoms with van der Waals surface area (Å²) in [4.78, 5) is 0. The Bertz CT molecular complexity index is 673. The molecular weight excluding hydrogens is 233 g/mol. The van der Waals surface area contributed by atoms with Gasteiger partial charge in [0.05, 0.1) is 0 Å². The van der Waals surface area contributed by atoms with Crippen LogP contribution in [0.5, 0.6) is 0 Å². The molecule has 1 aromatic carbocycles. The van der Waals surface area contributed by atoms with Crippen molar-refractivity contribution in [3.05, 3.63) is 29.6 Å². The Hall–Kier alpha value is -1.40. The molecule has 0 aliphatic carbocycles. The molecule has 0 fully saturated rings. The van der Waals surface area contributed by atoms with Crippen molar-refractivity contribution >= 4 is 21.0 Å². The van der Waals surface area contributed by atoms with Crippen LogP contribution in [0.3, 0.4) is 0 Å². The Morgan fingerprint density at radius 1 is 1.38 bits per heavy atom. The van der Waals surface area contributed by atoms with Crippen LogP contribution in [0.1, 0.15) is 5.56 Å². The number of halogens is 1. The van der Waals surface area contributed by atoms with Crippen LogP contribution in [0.25, 0.3) is 10.9 Å². The maximum atomic E-state index is 13.0. The number of hydrogen-bond donors (Lipinski definition) is 1. The third-order valence-electron chi connectivity index (χ3n) is 2.59. The molecule has 1 heterocycles. The number of rotatable bonds is 1. The Labute approximate surface area is 92.1 Å². The highest BCUT2D eigenvalue weighted by Gasteiger charge is 2.21. The van der Waals surface area contributed by atoms with Gasteiger partial charge in [0.15, 0.2) is 5.03 Å². The number of hydrogen-bond acceptors (Lipinski definition) is 2. The van der Waals surface area contributed by atoms with Gasteiger partial charge in [-0.2, -0.15) is 8.42 Å². The maximum Gasteiger partial charge on any atom is 0.310 e. The van der Waals surface area contributed by atoms with Gasteiger partial charge in [-0.1, -0.05) is 0 Å². The SMILES string of the molecule is Cc1c(S(=O)(=O)O)n(C)c2ccc(F)cc12. The van der Waals surface area contributed by atoms with Crippen molar-refractivity contribution in [1.29, 1.82) is 0 Å².